The molecule has 4 aromatic rings. The quantitative estimate of drug-likeness (QED) is 0.270. The molecule has 1 aliphatic rings. The Morgan fingerprint density at radius 3 is 2.34 bits per heavy atom. The van der Waals surface area contributed by atoms with Gasteiger partial charge >= 0.3 is 5.97 Å². The van der Waals surface area contributed by atoms with Crippen LogP contribution >= 0.6 is 38.6 Å². The lowest BCUT2D eigenvalue weighted by Gasteiger charge is -1.98. The van der Waals surface area contributed by atoms with Crippen molar-refractivity contribution in [3.63, 3.8) is 0 Å². The first-order valence-corrected chi connectivity index (χ1v) is 11.3. The maximum atomic E-state index is 11.5. The van der Waals surface area contributed by atoms with E-state index in [9.17, 15) is 9.59 Å². The van der Waals surface area contributed by atoms with Gasteiger partial charge in [-0.1, -0.05) is 52.3 Å². The summed E-state index contributed by atoms with van der Waals surface area (Å²) in [5.41, 5.74) is 2.19. The first-order chi connectivity index (χ1) is 13.6. The Balaban J connectivity index is 0.000000161. The summed E-state index contributed by atoms with van der Waals surface area (Å²) in [7, 11) is 1.41. The third-order valence-corrected chi connectivity index (χ3v) is 7.50. The maximum absolute atomic E-state index is 11.5. The molecule has 3 heterocycles. The largest absolute Gasteiger partial charge is 0.465 e. The number of ether oxygens (including phenoxy) is 1. The molecule has 0 fully saturated rings. The summed E-state index contributed by atoms with van der Waals surface area (Å²) < 4.78 is 7.09. The molecule has 0 atom stereocenters. The second-order valence-electron chi connectivity index (χ2n) is 6.12. The van der Waals surface area contributed by atoms with Crippen LogP contribution in [0.25, 0.3) is 20.2 Å². The van der Waals surface area contributed by atoms with Crippen LogP contribution in [0.3, 0.4) is 0 Å². The molecule has 0 radical (unpaired) electrons. The molecule has 0 saturated carbocycles. The zero-order valence-corrected chi connectivity index (χ0v) is 18.9. The number of thiophene rings is 2. The van der Waals surface area contributed by atoms with Crippen LogP contribution in [-0.2, 0) is 16.6 Å². The molecule has 5 rings (SSSR count). The van der Waals surface area contributed by atoms with Gasteiger partial charge in [-0.3, -0.25) is 4.79 Å². The Morgan fingerprint density at radius 2 is 1.69 bits per heavy atom. The molecule has 0 aliphatic carbocycles. The Morgan fingerprint density at radius 1 is 1.07 bits per heavy atom. The van der Waals surface area contributed by atoms with Crippen LogP contribution in [0.1, 0.15) is 30.5 Å². The van der Waals surface area contributed by atoms with Crippen molar-refractivity contribution in [1.29, 1.82) is 0 Å². The number of benzene rings is 2. The maximum Gasteiger partial charge on any atom is 0.348 e. The molecule has 4 N–H and O–H groups in total. The lowest BCUT2D eigenvalue weighted by Crippen LogP contribution is -2.12. The molecule has 2 aromatic carbocycles. The fourth-order valence-electron chi connectivity index (χ4n) is 3.20. The van der Waals surface area contributed by atoms with E-state index >= 15 is 0 Å². The summed E-state index contributed by atoms with van der Waals surface area (Å²) in [5, 5.41) is 5.84. The highest BCUT2D eigenvalue weighted by Gasteiger charge is 2.23. The van der Waals surface area contributed by atoms with Crippen LogP contribution in [0.15, 0.2) is 48.5 Å². The van der Waals surface area contributed by atoms with Gasteiger partial charge in [-0.25, -0.2) is 4.79 Å². The van der Waals surface area contributed by atoms with Crippen LogP contribution in [-0.4, -0.2) is 19.0 Å². The van der Waals surface area contributed by atoms with Crippen molar-refractivity contribution >= 4 is 70.7 Å². The molecule has 2 aromatic heterocycles. The summed E-state index contributed by atoms with van der Waals surface area (Å²) >= 11 is 6.46. The van der Waals surface area contributed by atoms with E-state index in [-0.39, 0.29) is 18.0 Å². The van der Waals surface area contributed by atoms with E-state index in [0.717, 1.165) is 20.5 Å². The van der Waals surface area contributed by atoms with Crippen LogP contribution in [0.2, 0.25) is 0 Å². The Hall–Kier alpha value is -2.26. The molecule has 150 valence electrons. The van der Waals surface area contributed by atoms with Gasteiger partial charge < -0.3 is 16.2 Å². The van der Waals surface area contributed by atoms with Crippen molar-refractivity contribution in [3.8, 4) is 0 Å². The van der Waals surface area contributed by atoms with E-state index < -0.39 is 0 Å². The third-order valence-electron chi connectivity index (χ3n) is 4.53. The third kappa shape index (κ3) is 3.93. The standard InChI is InChI=1S/C11H9BrO2S.C10H7NOS.H3N/c1-14-11(13)10-8(6-12)7-4-2-3-5-9(7)15-10;12-10-9-7(5-11-10)6-3-1-2-4-8(6)13-9;/h2-5H,6H2,1H3;1-4H,5H2,(H,11,12);1H3. The minimum atomic E-state index is -0.259. The van der Waals surface area contributed by atoms with Crippen LogP contribution in [0.4, 0.5) is 0 Å². The van der Waals surface area contributed by atoms with Crippen LogP contribution < -0.4 is 11.5 Å². The van der Waals surface area contributed by atoms with Crippen LogP contribution in [0, 0.1) is 0 Å². The number of carbonyl (C=O) groups is 2. The van der Waals surface area contributed by atoms with E-state index in [1.165, 1.54) is 34.1 Å². The Labute approximate surface area is 184 Å². The number of nitrogens with one attached hydrogen (secondary N) is 1. The number of rotatable bonds is 2. The van der Waals surface area contributed by atoms with E-state index in [1.54, 1.807) is 11.3 Å². The van der Waals surface area contributed by atoms with Crippen molar-refractivity contribution in [3.05, 3.63) is 69.4 Å². The van der Waals surface area contributed by atoms with Gasteiger partial charge in [0.15, 0.2) is 0 Å². The zero-order valence-electron chi connectivity index (χ0n) is 15.7. The van der Waals surface area contributed by atoms with Gasteiger partial charge in [0, 0.05) is 26.8 Å². The highest BCUT2D eigenvalue weighted by atomic mass is 79.9. The number of methoxy groups -OCH3 is 1. The number of hydrogen-bond donors (Lipinski definition) is 2. The topological polar surface area (TPSA) is 90.4 Å². The molecule has 0 unspecified atom stereocenters. The minimum Gasteiger partial charge on any atom is -0.465 e. The smallest absolute Gasteiger partial charge is 0.348 e. The highest BCUT2D eigenvalue weighted by molar-refractivity contribution is 9.08. The van der Waals surface area contributed by atoms with Crippen molar-refractivity contribution in [2.24, 2.45) is 0 Å². The van der Waals surface area contributed by atoms with Gasteiger partial charge in [0.2, 0.25) is 0 Å². The first kappa shape index (κ1) is 21.4. The SMILES string of the molecule is COC(=O)c1sc2ccccc2c1CBr.N.O=C1NCc2c1sc1ccccc21. The van der Waals surface area contributed by atoms with Gasteiger partial charge in [0.1, 0.15) is 4.88 Å². The molecular weight excluding hydrogens is 472 g/mol. The molecule has 0 saturated heterocycles. The van der Waals surface area contributed by atoms with Crippen LogP contribution in [0.5, 0.6) is 0 Å². The normalized spacial score (nSPS) is 12.0. The van der Waals surface area contributed by atoms with E-state index in [4.69, 9.17) is 4.74 Å². The fraction of sp³-hybridized carbons (Fsp3) is 0.143. The lowest BCUT2D eigenvalue weighted by molar-refractivity contribution is 0.0605. The average Bonchev–Trinajstić information content (AvgIpc) is 3.40. The number of alkyl halides is 1. The monoisotopic (exact) mass is 490 g/mol. The molecule has 1 aliphatic heterocycles. The Kier molecular flexibility index (Phi) is 6.69. The molecule has 0 bridgehead atoms. The molecule has 8 heteroatoms. The molecule has 5 nitrogen and oxygen atoms in total. The summed E-state index contributed by atoms with van der Waals surface area (Å²) in [6.07, 6.45) is 0. The average molecular weight is 491 g/mol. The minimum absolute atomic E-state index is 0. The predicted molar refractivity (Wildman–Crippen MR) is 124 cm³/mol. The number of fused-ring (bicyclic) bond motifs is 4. The number of amides is 1. The number of hydrogen-bond acceptors (Lipinski definition) is 6. The summed E-state index contributed by atoms with van der Waals surface area (Å²) in [6, 6.07) is 16.1. The number of halogens is 1. The van der Waals surface area contributed by atoms with Gasteiger partial charge in [0.05, 0.1) is 12.0 Å². The Bertz CT molecular complexity index is 1200. The second kappa shape index (κ2) is 9.04. The molecule has 1 amide bonds. The van der Waals surface area contributed by atoms with Gasteiger partial charge in [-0.15, -0.1) is 22.7 Å². The predicted octanol–water partition coefficient (Wildman–Crippen LogP) is 5.89. The van der Waals surface area contributed by atoms with E-state index in [1.807, 2.05) is 36.4 Å². The van der Waals surface area contributed by atoms with Gasteiger partial charge in [-0.05, 0) is 28.5 Å². The van der Waals surface area contributed by atoms with E-state index in [0.29, 0.717) is 16.8 Å². The number of esters is 1. The first-order valence-electron chi connectivity index (χ1n) is 8.57. The van der Waals surface area contributed by atoms with Crippen molar-refractivity contribution < 1.29 is 14.3 Å². The van der Waals surface area contributed by atoms with Crippen molar-refractivity contribution in [2.45, 2.75) is 11.9 Å². The number of carbonyl (C=O) groups excluding carboxylic acids is 2. The summed E-state index contributed by atoms with van der Waals surface area (Å²) in [4.78, 5) is 24.4. The summed E-state index contributed by atoms with van der Waals surface area (Å²) in [5.74, 6) is -0.179. The fourth-order valence-corrected chi connectivity index (χ4v) is 6.24. The molecule has 0 spiro atoms. The van der Waals surface area contributed by atoms with Gasteiger partial charge in [0.25, 0.3) is 5.91 Å². The lowest BCUT2D eigenvalue weighted by atomic mass is 10.1. The van der Waals surface area contributed by atoms with Gasteiger partial charge in [-0.2, -0.15) is 0 Å². The molecule has 29 heavy (non-hydrogen) atoms. The molecular formula is C21H19BrN2O3S2. The zero-order chi connectivity index (χ0) is 19.7. The van der Waals surface area contributed by atoms with Crippen molar-refractivity contribution in [2.75, 3.05) is 7.11 Å². The van der Waals surface area contributed by atoms with Crippen molar-refractivity contribution in [1.82, 2.24) is 11.5 Å². The second-order valence-corrected chi connectivity index (χ2v) is 8.78. The summed E-state index contributed by atoms with van der Waals surface area (Å²) in [6.45, 7) is 0.693. The van der Waals surface area contributed by atoms with E-state index in [2.05, 4.69) is 33.4 Å². The highest BCUT2D eigenvalue weighted by Crippen LogP contribution is 2.34.